The lowest BCUT2D eigenvalue weighted by Gasteiger charge is -2.32. The first-order chi connectivity index (χ1) is 8.93. The molecule has 2 heterocycles. The molecule has 0 aliphatic carbocycles. The summed E-state index contributed by atoms with van der Waals surface area (Å²) in [5, 5.41) is 10.5. The molecule has 6 nitrogen and oxygen atoms in total. The Morgan fingerprint density at radius 1 is 1.63 bits per heavy atom. The topological polar surface area (TPSA) is 85.7 Å². The number of ketones is 1. The van der Waals surface area contributed by atoms with Crippen LogP contribution in [-0.4, -0.2) is 29.0 Å². The van der Waals surface area contributed by atoms with Gasteiger partial charge in [0.05, 0.1) is 12.7 Å². The summed E-state index contributed by atoms with van der Waals surface area (Å²) in [7, 11) is 1.41. The Balaban J connectivity index is 2.72. The quantitative estimate of drug-likeness (QED) is 0.646. The second-order valence-corrected chi connectivity index (χ2v) is 4.39. The highest BCUT2D eigenvalue weighted by molar-refractivity contribution is 5.93. The van der Waals surface area contributed by atoms with Gasteiger partial charge in [0.15, 0.2) is 11.4 Å². The molecule has 1 aliphatic rings. The molecule has 0 radical (unpaired) electrons. The molecule has 0 fully saturated rings. The van der Waals surface area contributed by atoms with E-state index in [0.717, 1.165) is 0 Å². The highest BCUT2D eigenvalue weighted by atomic mass is 16.6. The van der Waals surface area contributed by atoms with E-state index in [4.69, 9.17) is 9.47 Å². The molecule has 102 valence electrons. The molecule has 1 aromatic rings. The Bertz CT molecular complexity index is 554. The highest BCUT2D eigenvalue weighted by Crippen LogP contribution is 2.38. The van der Waals surface area contributed by atoms with Crippen LogP contribution in [0.3, 0.4) is 0 Å². The van der Waals surface area contributed by atoms with Gasteiger partial charge < -0.3 is 14.6 Å². The van der Waals surface area contributed by atoms with Crippen molar-refractivity contribution in [1.82, 2.24) is 4.98 Å². The molecule has 1 aliphatic heterocycles. The molecule has 0 spiro atoms. The van der Waals surface area contributed by atoms with E-state index in [1.807, 2.05) is 0 Å². The first kappa shape index (κ1) is 13.5. The first-order valence-corrected chi connectivity index (χ1v) is 5.93. The highest BCUT2D eigenvalue weighted by Gasteiger charge is 2.44. The van der Waals surface area contributed by atoms with Gasteiger partial charge in [-0.25, -0.2) is 9.78 Å². The predicted octanol–water partition coefficient (Wildman–Crippen LogP) is 0.947. The fourth-order valence-electron chi connectivity index (χ4n) is 2.11. The average Bonchev–Trinajstić information content (AvgIpc) is 2.41. The monoisotopic (exact) mass is 265 g/mol. The number of aliphatic hydroxyl groups is 1. The van der Waals surface area contributed by atoms with Crippen molar-refractivity contribution in [2.75, 3.05) is 7.11 Å². The molecular weight excluding hydrogens is 250 g/mol. The number of hydrogen-bond acceptors (Lipinski definition) is 6. The molecule has 0 aromatic carbocycles. The second-order valence-electron chi connectivity index (χ2n) is 4.39. The van der Waals surface area contributed by atoms with E-state index in [0.29, 0.717) is 11.1 Å². The predicted molar refractivity (Wildman–Crippen MR) is 64.8 cm³/mol. The summed E-state index contributed by atoms with van der Waals surface area (Å²) >= 11 is 0. The normalized spacial score (nSPS) is 21.6. The van der Waals surface area contributed by atoms with Crippen LogP contribution in [0.2, 0.25) is 0 Å². The Labute approximate surface area is 110 Å². The Morgan fingerprint density at radius 2 is 2.32 bits per heavy atom. The van der Waals surface area contributed by atoms with Crippen molar-refractivity contribution in [2.45, 2.75) is 32.5 Å². The minimum Gasteiger partial charge on any atom is -0.481 e. The van der Waals surface area contributed by atoms with Crippen LogP contribution in [0.1, 0.15) is 41.9 Å². The number of pyridine rings is 1. The summed E-state index contributed by atoms with van der Waals surface area (Å²) in [6, 6.07) is 1.43. The zero-order valence-electron chi connectivity index (χ0n) is 11.0. The third-order valence-corrected chi connectivity index (χ3v) is 3.28. The molecular formula is C13H15NO5. The van der Waals surface area contributed by atoms with Crippen molar-refractivity contribution >= 4 is 11.8 Å². The van der Waals surface area contributed by atoms with Gasteiger partial charge in [0.1, 0.15) is 12.3 Å². The maximum absolute atomic E-state index is 11.8. The smallest absolute Gasteiger partial charge is 0.343 e. The first-order valence-electron chi connectivity index (χ1n) is 5.93. The molecule has 0 bridgehead atoms. The van der Waals surface area contributed by atoms with Crippen molar-refractivity contribution in [3.05, 3.63) is 22.9 Å². The van der Waals surface area contributed by atoms with Crippen LogP contribution in [0, 0.1) is 0 Å². The summed E-state index contributed by atoms with van der Waals surface area (Å²) in [4.78, 5) is 27.3. The molecule has 1 N–H and O–H groups in total. The van der Waals surface area contributed by atoms with Gasteiger partial charge in [0.25, 0.3) is 0 Å². The summed E-state index contributed by atoms with van der Waals surface area (Å²) < 4.78 is 10.1. The Hall–Kier alpha value is -1.95. The summed E-state index contributed by atoms with van der Waals surface area (Å²) in [6.45, 7) is 3.00. The van der Waals surface area contributed by atoms with Gasteiger partial charge >= 0.3 is 5.97 Å². The SMILES string of the molecule is CC[C@@]1(O)C(=O)OCc2c1cc(C(C)=O)nc2OC. The third-order valence-electron chi connectivity index (χ3n) is 3.28. The van der Waals surface area contributed by atoms with Gasteiger partial charge in [-0.2, -0.15) is 0 Å². The number of hydrogen-bond donors (Lipinski definition) is 1. The summed E-state index contributed by atoms with van der Waals surface area (Å²) in [5.41, 5.74) is -0.773. The van der Waals surface area contributed by atoms with Crippen molar-refractivity contribution in [3.63, 3.8) is 0 Å². The van der Waals surface area contributed by atoms with Gasteiger partial charge in [-0.3, -0.25) is 4.79 Å². The molecule has 19 heavy (non-hydrogen) atoms. The van der Waals surface area contributed by atoms with Gasteiger partial charge in [-0.15, -0.1) is 0 Å². The number of carbonyl (C=O) groups excluding carboxylic acids is 2. The van der Waals surface area contributed by atoms with Gasteiger partial charge in [0, 0.05) is 12.5 Å². The van der Waals surface area contributed by atoms with E-state index < -0.39 is 11.6 Å². The van der Waals surface area contributed by atoms with Gasteiger partial charge in [0.2, 0.25) is 5.88 Å². The second kappa shape index (κ2) is 4.62. The number of esters is 1. The summed E-state index contributed by atoms with van der Waals surface area (Å²) in [5.74, 6) is -0.786. The molecule has 6 heteroatoms. The molecule has 2 rings (SSSR count). The third kappa shape index (κ3) is 1.98. The van der Waals surface area contributed by atoms with Crippen molar-refractivity contribution in [1.29, 1.82) is 0 Å². The number of rotatable bonds is 3. The minimum absolute atomic E-state index is 0.0230. The summed E-state index contributed by atoms with van der Waals surface area (Å²) in [6.07, 6.45) is 0.142. The van der Waals surface area contributed by atoms with Crippen molar-refractivity contribution in [2.24, 2.45) is 0 Å². The minimum atomic E-state index is -1.76. The lowest BCUT2D eigenvalue weighted by Crippen LogP contribution is -2.41. The van der Waals surface area contributed by atoms with E-state index in [2.05, 4.69) is 4.98 Å². The van der Waals surface area contributed by atoms with Crippen molar-refractivity contribution < 1.29 is 24.2 Å². The van der Waals surface area contributed by atoms with Crippen LogP contribution in [0.5, 0.6) is 5.88 Å². The number of ether oxygens (including phenoxy) is 2. The van der Waals surface area contributed by atoms with Crippen molar-refractivity contribution in [3.8, 4) is 5.88 Å². The van der Waals surface area contributed by atoms with E-state index >= 15 is 0 Å². The van der Waals surface area contributed by atoms with Gasteiger partial charge in [-0.05, 0) is 12.5 Å². The van der Waals surface area contributed by atoms with E-state index in [-0.39, 0.29) is 30.4 Å². The number of aromatic nitrogens is 1. The lowest BCUT2D eigenvalue weighted by molar-refractivity contribution is -0.172. The number of carbonyl (C=O) groups is 2. The maximum Gasteiger partial charge on any atom is 0.343 e. The number of nitrogens with zero attached hydrogens (tertiary/aromatic N) is 1. The van der Waals surface area contributed by atoms with Crippen LogP contribution in [-0.2, 0) is 21.7 Å². The van der Waals surface area contributed by atoms with E-state index in [1.54, 1.807) is 6.92 Å². The molecule has 0 saturated heterocycles. The number of methoxy groups -OCH3 is 1. The van der Waals surface area contributed by atoms with Gasteiger partial charge in [-0.1, -0.05) is 6.92 Å². The molecule has 0 amide bonds. The fraction of sp³-hybridized carbons (Fsp3) is 0.462. The fourth-order valence-corrected chi connectivity index (χ4v) is 2.11. The standard InChI is InChI=1S/C13H15NO5/c1-4-13(17)9-5-10(7(2)15)14-11(18-3)8(9)6-19-12(13)16/h5,17H,4,6H2,1-3H3/t13-/m0/s1. The Morgan fingerprint density at radius 3 is 2.84 bits per heavy atom. The molecule has 0 saturated carbocycles. The van der Waals surface area contributed by atoms with Crippen LogP contribution in [0.25, 0.3) is 0 Å². The number of Topliss-reactive ketones (excluding diaryl/α,β-unsaturated/α-hetero) is 1. The van der Waals surface area contributed by atoms with Crippen LogP contribution in [0.15, 0.2) is 6.07 Å². The lowest BCUT2D eigenvalue weighted by atomic mass is 9.86. The largest absolute Gasteiger partial charge is 0.481 e. The molecule has 1 aromatic heterocycles. The molecule has 0 unspecified atom stereocenters. The Kier molecular flexibility index (Phi) is 3.28. The van der Waals surface area contributed by atoms with E-state index in [1.165, 1.54) is 20.1 Å². The van der Waals surface area contributed by atoms with Crippen LogP contribution < -0.4 is 4.74 Å². The maximum atomic E-state index is 11.8. The van der Waals surface area contributed by atoms with Crippen LogP contribution >= 0.6 is 0 Å². The van der Waals surface area contributed by atoms with Crippen LogP contribution in [0.4, 0.5) is 0 Å². The zero-order valence-corrected chi connectivity index (χ0v) is 11.0. The number of cyclic esters (lactones) is 1. The zero-order chi connectivity index (χ0) is 14.2. The molecule has 1 atom stereocenters. The number of fused-ring (bicyclic) bond motifs is 1. The van der Waals surface area contributed by atoms with E-state index in [9.17, 15) is 14.7 Å². The average molecular weight is 265 g/mol.